The van der Waals surface area contributed by atoms with Crippen LogP contribution in [0.3, 0.4) is 0 Å². The van der Waals surface area contributed by atoms with E-state index in [4.69, 9.17) is 9.47 Å². The summed E-state index contributed by atoms with van der Waals surface area (Å²) in [7, 11) is 0. The van der Waals surface area contributed by atoms with Crippen molar-refractivity contribution in [2.24, 2.45) is 0 Å². The molecule has 2 N–H and O–H groups in total. The average Bonchev–Trinajstić information content (AvgIpc) is 3.37. The number of ether oxygens (including phenoxy) is 2. The first-order valence-corrected chi connectivity index (χ1v) is 10.6. The normalized spacial score (nSPS) is 20.9. The fourth-order valence-corrected chi connectivity index (χ4v) is 5.58. The molecule has 2 aliphatic heterocycles. The van der Waals surface area contributed by atoms with E-state index in [0.717, 1.165) is 35.8 Å². The summed E-state index contributed by atoms with van der Waals surface area (Å²) in [5.74, 6) is 0.474. The summed E-state index contributed by atoms with van der Waals surface area (Å²) in [5.41, 5.74) is 2.42. The van der Waals surface area contributed by atoms with Gasteiger partial charge in [0.15, 0.2) is 11.8 Å². The first-order chi connectivity index (χ1) is 13.5. The fourth-order valence-electron chi connectivity index (χ4n) is 4.39. The van der Waals surface area contributed by atoms with Gasteiger partial charge in [-0.15, -0.1) is 5.10 Å². The molecule has 4 heterocycles. The minimum Gasteiger partial charge on any atom is -0.492 e. The van der Waals surface area contributed by atoms with E-state index in [1.807, 2.05) is 6.92 Å². The van der Waals surface area contributed by atoms with Crippen molar-refractivity contribution in [3.8, 4) is 5.88 Å². The van der Waals surface area contributed by atoms with Gasteiger partial charge in [0.25, 0.3) is 0 Å². The largest absolute Gasteiger partial charge is 0.492 e. The van der Waals surface area contributed by atoms with Crippen molar-refractivity contribution in [3.05, 3.63) is 46.1 Å². The molecule has 3 aromatic rings. The molecule has 8 heteroatoms. The third-order valence-corrected chi connectivity index (χ3v) is 6.94. The molecule has 0 saturated carbocycles. The highest BCUT2D eigenvalue weighted by atomic mass is 32.1. The Labute approximate surface area is 167 Å². The molecule has 0 aliphatic carbocycles. The van der Waals surface area contributed by atoms with E-state index in [1.54, 1.807) is 4.52 Å². The molecule has 1 aromatic carbocycles. The number of fused-ring (bicyclic) bond motifs is 1. The molecule has 0 amide bonds. The van der Waals surface area contributed by atoms with Crippen molar-refractivity contribution in [2.75, 3.05) is 26.3 Å². The lowest BCUT2D eigenvalue weighted by Crippen LogP contribution is -3.14. The van der Waals surface area contributed by atoms with Gasteiger partial charge >= 0.3 is 0 Å². The average molecular weight is 402 g/mol. The van der Waals surface area contributed by atoms with Crippen LogP contribution in [0.4, 0.5) is 0 Å². The summed E-state index contributed by atoms with van der Waals surface area (Å²) in [5, 5.41) is 15.3. The Morgan fingerprint density at radius 3 is 2.46 bits per heavy atom. The van der Waals surface area contributed by atoms with Gasteiger partial charge in [0, 0.05) is 5.56 Å². The summed E-state index contributed by atoms with van der Waals surface area (Å²) in [6.45, 7) is 7.15. The van der Waals surface area contributed by atoms with Crippen molar-refractivity contribution in [2.45, 2.75) is 38.5 Å². The lowest BCUT2D eigenvalue weighted by molar-refractivity contribution is -0.933. The minimum absolute atomic E-state index is 0.0353. The summed E-state index contributed by atoms with van der Waals surface area (Å²) in [6.07, 6.45) is 1.73. The van der Waals surface area contributed by atoms with Crippen LogP contribution in [0.15, 0.2) is 24.3 Å². The molecular formula is C20H25N4O3S+. The van der Waals surface area contributed by atoms with E-state index in [-0.39, 0.29) is 11.9 Å². The number of hydrogen-bond acceptors (Lipinski definition) is 6. The number of aromatic hydroxyl groups is 1. The van der Waals surface area contributed by atoms with Crippen LogP contribution in [0.25, 0.3) is 4.96 Å². The zero-order valence-corrected chi connectivity index (χ0v) is 17.0. The highest BCUT2D eigenvalue weighted by molar-refractivity contribution is 7.17. The van der Waals surface area contributed by atoms with Crippen LogP contribution in [-0.4, -0.2) is 51.8 Å². The number of likely N-dealkylation sites (tertiary alicyclic amines) is 1. The highest BCUT2D eigenvalue weighted by Gasteiger charge is 2.44. The summed E-state index contributed by atoms with van der Waals surface area (Å²) in [6, 6.07) is 8.64. The van der Waals surface area contributed by atoms with Gasteiger partial charge < -0.3 is 19.5 Å². The number of nitrogens with zero attached hydrogens (tertiary/aromatic N) is 3. The maximum Gasteiger partial charge on any atom is 0.235 e. The molecule has 0 bridgehead atoms. The second kappa shape index (κ2) is 6.81. The smallest absolute Gasteiger partial charge is 0.235 e. The second-order valence-electron chi connectivity index (χ2n) is 7.75. The number of thiazole rings is 1. The first-order valence-electron chi connectivity index (χ1n) is 9.79. The standard InChI is InChI=1S/C20H24N4O3S/c1-13-3-5-15(6-4-13)16(17-18(25)24-19(28-17)21-14(2)22-24)23-9-7-20(8-10-23)26-11-12-27-20/h3-6,16,25H,7-12H2,1-2H3/p+1/t16-/m1/s1. The molecule has 148 valence electrons. The fraction of sp³-hybridized carbons (Fsp3) is 0.500. The maximum atomic E-state index is 10.9. The zero-order valence-electron chi connectivity index (χ0n) is 16.1. The van der Waals surface area contributed by atoms with Gasteiger partial charge in [-0.3, -0.25) is 0 Å². The molecular weight excluding hydrogens is 376 g/mol. The Kier molecular flexibility index (Phi) is 4.39. The zero-order chi connectivity index (χ0) is 19.3. The van der Waals surface area contributed by atoms with E-state index < -0.39 is 5.79 Å². The lowest BCUT2D eigenvalue weighted by atomic mass is 9.97. The van der Waals surface area contributed by atoms with Crippen LogP contribution in [0.2, 0.25) is 0 Å². The van der Waals surface area contributed by atoms with Crippen molar-refractivity contribution < 1.29 is 19.5 Å². The maximum absolute atomic E-state index is 10.9. The molecule has 0 radical (unpaired) electrons. The van der Waals surface area contributed by atoms with Crippen LogP contribution in [0, 0.1) is 13.8 Å². The molecule has 2 fully saturated rings. The second-order valence-corrected chi connectivity index (χ2v) is 8.76. The van der Waals surface area contributed by atoms with E-state index in [1.165, 1.54) is 27.4 Å². The Balaban J connectivity index is 1.52. The molecule has 7 nitrogen and oxygen atoms in total. The molecule has 5 rings (SSSR count). The predicted molar refractivity (Wildman–Crippen MR) is 105 cm³/mol. The van der Waals surface area contributed by atoms with Crippen LogP contribution in [0.5, 0.6) is 5.88 Å². The number of piperidine rings is 1. The van der Waals surface area contributed by atoms with E-state index in [2.05, 4.69) is 41.3 Å². The van der Waals surface area contributed by atoms with Gasteiger partial charge in [-0.1, -0.05) is 41.2 Å². The van der Waals surface area contributed by atoms with Gasteiger partial charge in [0.05, 0.1) is 39.1 Å². The quantitative estimate of drug-likeness (QED) is 0.698. The Morgan fingerprint density at radius 2 is 1.82 bits per heavy atom. The SMILES string of the molecule is Cc1ccc([C@H](c2sc3nc(C)nn3c2O)[NH+]2CCC3(CC2)OCCO3)cc1. The van der Waals surface area contributed by atoms with E-state index >= 15 is 0 Å². The van der Waals surface area contributed by atoms with E-state index in [9.17, 15) is 5.11 Å². The molecule has 0 unspecified atom stereocenters. The Bertz CT molecular complexity index is 981. The molecule has 1 spiro atoms. The number of hydrogen-bond donors (Lipinski definition) is 2. The Hall–Kier alpha value is -2.00. The summed E-state index contributed by atoms with van der Waals surface area (Å²) < 4.78 is 13.4. The van der Waals surface area contributed by atoms with Crippen molar-refractivity contribution in [1.82, 2.24) is 14.6 Å². The van der Waals surface area contributed by atoms with Crippen molar-refractivity contribution in [1.29, 1.82) is 0 Å². The monoisotopic (exact) mass is 401 g/mol. The van der Waals surface area contributed by atoms with Gasteiger partial charge in [-0.25, -0.2) is 4.98 Å². The molecule has 1 atom stereocenters. The minimum atomic E-state index is -0.397. The Morgan fingerprint density at radius 1 is 1.14 bits per heavy atom. The highest BCUT2D eigenvalue weighted by Crippen LogP contribution is 2.36. The number of aryl methyl sites for hydroxylation is 2. The lowest BCUT2D eigenvalue weighted by Gasteiger charge is -2.38. The van der Waals surface area contributed by atoms with E-state index in [0.29, 0.717) is 19.0 Å². The van der Waals surface area contributed by atoms with Gasteiger partial charge in [0.2, 0.25) is 10.8 Å². The van der Waals surface area contributed by atoms with Crippen LogP contribution in [0.1, 0.15) is 40.7 Å². The summed E-state index contributed by atoms with van der Waals surface area (Å²) >= 11 is 1.53. The van der Waals surface area contributed by atoms with Gasteiger partial charge in [0.1, 0.15) is 10.7 Å². The topological polar surface area (TPSA) is 73.3 Å². The van der Waals surface area contributed by atoms with Crippen LogP contribution < -0.4 is 4.90 Å². The molecule has 2 aromatic heterocycles. The molecule has 28 heavy (non-hydrogen) atoms. The van der Waals surface area contributed by atoms with Gasteiger partial charge in [-0.05, 0) is 13.8 Å². The third-order valence-electron chi connectivity index (χ3n) is 5.85. The number of rotatable bonds is 3. The number of quaternary nitrogens is 1. The first kappa shape index (κ1) is 18.1. The number of aromatic nitrogens is 3. The summed E-state index contributed by atoms with van der Waals surface area (Å²) in [4.78, 5) is 7.51. The number of benzene rings is 1. The van der Waals surface area contributed by atoms with Crippen molar-refractivity contribution in [3.63, 3.8) is 0 Å². The molecule has 2 saturated heterocycles. The van der Waals surface area contributed by atoms with Crippen LogP contribution >= 0.6 is 11.3 Å². The third kappa shape index (κ3) is 3.00. The number of nitrogens with one attached hydrogen (secondary N) is 1. The predicted octanol–water partition coefficient (Wildman–Crippen LogP) is 1.62. The van der Waals surface area contributed by atoms with Crippen molar-refractivity contribution >= 4 is 16.3 Å². The van der Waals surface area contributed by atoms with Gasteiger partial charge in [-0.2, -0.15) is 4.52 Å². The van der Waals surface area contributed by atoms with Crippen LogP contribution in [-0.2, 0) is 9.47 Å². The molecule has 2 aliphatic rings.